The molecule has 2 nitrogen and oxygen atoms in total. The predicted molar refractivity (Wildman–Crippen MR) is 77.4 cm³/mol. The van der Waals surface area contributed by atoms with Crippen LogP contribution in [-0.4, -0.2) is 6.26 Å². The van der Waals surface area contributed by atoms with Crippen LogP contribution < -0.4 is 5.32 Å². The monoisotopic (exact) mass is 254 g/mol. The molecule has 0 atom stereocenters. The molecule has 0 bridgehead atoms. The van der Waals surface area contributed by atoms with Crippen LogP contribution >= 0.6 is 11.8 Å². The Bertz CT molecular complexity index is 600. The quantitative estimate of drug-likeness (QED) is 0.828. The van der Waals surface area contributed by atoms with Crippen LogP contribution in [0.25, 0.3) is 0 Å². The van der Waals surface area contributed by atoms with Gasteiger partial charge in [-0.15, -0.1) is 11.8 Å². The molecule has 90 valence electrons. The minimum atomic E-state index is 0.671. The highest BCUT2D eigenvalue weighted by Crippen LogP contribution is 2.26. The predicted octanol–water partition coefficient (Wildman–Crippen LogP) is 4.33. The van der Waals surface area contributed by atoms with Gasteiger partial charge >= 0.3 is 0 Å². The molecule has 0 saturated carbocycles. The van der Waals surface area contributed by atoms with Gasteiger partial charge in [0.25, 0.3) is 0 Å². The number of nitrogens with zero attached hydrogens (tertiary/aromatic N) is 1. The van der Waals surface area contributed by atoms with Gasteiger partial charge in [-0.2, -0.15) is 5.26 Å². The molecule has 0 spiro atoms. The molecule has 0 heterocycles. The fourth-order valence-corrected chi connectivity index (χ4v) is 2.23. The van der Waals surface area contributed by atoms with Crippen molar-refractivity contribution < 1.29 is 0 Å². The number of hydrogen-bond donors (Lipinski definition) is 1. The Morgan fingerprint density at radius 1 is 1.17 bits per heavy atom. The molecule has 1 N–H and O–H groups in total. The molecule has 2 aromatic carbocycles. The van der Waals surface area contributed by atoms with Crippen LogP contribution in [0.4, 0.5) is 11.4 Å². The number of rotatable bonds is 3. The second kappa shape index (κ2) is 5.61. The van der Waals surface area contributed by atoms with Gasteiger partial charge in [0.15, 0.2) is 0 Å². The number of thioether (sulfide) groups is 1. The van der Waals surface area contributed by atoms with Crippen LogP contribution in [0.1, 0.15) is 11.1 Å². The van der Waals surface area contributed by atoms with E-state index in [0.717, 1.165) is 16.9 Å². The zero-order valence-corrected chi connectivity index (χ0v) is 11.2. The van der Waals surface area contributed by atoms with Crippen LogP contribution in [0.5, 0.6) is 0 Å². The second-order valence-electron chi connectivity index (χ2n) is 3.97. The molecule has 0 aliphatic carbocycles. The van der Waals surface area contributed by atoms with Crippen LogP contribution in [0.15, 0.2) is 47.4 Å². The minimum absolute atomic E-state index is 0.671. The fourth-order valence-electron chi connectivity index (χ4n) is 1.77. The summed E-state index contributed by atoms with van der Waals surface area (Å²) in [7, 11) is 0. The van der Waals surface area contributed by atoms with Crippen molar-refractivity contribution >= 4 is 23.1 Å². The molecule has 0 aliphatic rings. The number of nitrogens with one attached hydrogen (secondary N) is 1. The van der Waals surface area contributed by atoms with E-state index in [1.807, 2.05) is 43.5 Å². The summed E-state index contributed by atoms with van der Waals surface area (Å²) in [6.45, 7) is 2.00. The lowest BCUT2D eigenvalue weighted by atomic mass is 10.1. The maximum atomic E-state index is 9.13. The van der Waals surface area contributed by atoms with E-state index < -0.39 is 0 Å². The number of nitriles is 1. The molecule has 0 fully saturated rings. The average molecular weight is 254 g/mol. The summed E-state index contributed by atoms with van der Waals surface area (Å²) < 4.78 is 0. The van der Waals surface area contributed by atoms with Crippen LogP contribution in [0.2, 0.25) is 0 Å². The smallest absolute Gasteiger partial charge is 0.101 e. The maximum absolute atomic E-state index is 9.13. The molecule has 2 aromatic rings. The Hall–Kier alpha value is -1.92. The third kappa shape index (κ3) is 2.66. The molecule has 2 rings (SSSR count). The van der Waals surface area contributed by atoms with Crippen LogP contribution in [-0.2, 0) is 0 Å². The van der Waals surface area contributed by atoms with Crippen LogP contribution in [0.3, 0.4) is 0 Å². The number of hydrogen-bond acceptors (Lipinski definition) is 3. The van der Waals surface area contributed by atoms with Gasteiger partial charge in [0.1, 0.15) is 6.07 Å². The van der Waals surface area contributed by atoms with Crippen molar-refractivity contribution in [3.8, 4) is 6.07 Å². The summed E-state index contributed by atoms with van der Waals surface area (Å²) in [5.41, 5.74) is 3.64. The van der Waals surface area contributed by atoms with Gasteiger partial charge in [0, 0.05) is 10.6 Å². The zero-order valence-electron chi connectivity index (χ0n) is 10.4. The Morgan fingerprint density at radius 2 is 1.94 bits per heavy atom. The summed E-state index contributed by atoms with van der Waals surface area (Å²) in [4.78, 5) is 1.20. The van der Waals surface area contributed by atoms with E-state index in [2.05, 4.69) is 23.5 Å². The van der Waals surface area contributed by atoms with Crippen molar-refractivity contribution in [2.45, 2.75) is 11.8 Å². The summed E-state index contributed by atoms with van der Waals surface area (Å²) in [5.74, 6) is 0. The van der Waals surface area contributed by atoms with E-state index >= 15 is 0 Å². The molecule has 0 unspecified atom stereocenters. The van der Waals surface area contributed by atoms with E-state index in [9.17, 15) is 0 Å². The highest BCUT2D eigenvalue weighted by molar-refractivity contribution is 7.98. The first-order chi connectivity index (χ1) is 8.74. The standard InChI is InChI=1S/C15H14N2S/c1-11-5-3-6-12(10-16)15(11)17-13-7-4-8-14(9-13)18-2/h3-9,17H,1-2H3. The van der Waals surface area contributed by atoms with E-state index in [1.54, 1.807) is 11.8 Å². The van der Waals surface area contributed by atoms with Crippen molar-refractivity contribution in [2.24, 2.45) is 0 Å². The third-order valence-electron chi connectivity index (χ3n) is 2.73. The van der Waals surface area contributed by atoms with Gasteiger partial charge in [0.2, 0.25) is 0 Å². The lowest BCUT2D eigenvalue weighted by molar-refractivity contribution is 1.37. The van der Waals surface area contributed by atoms with E-state index in [1.165, 1.54) is 4.90 Å². The minimum Gasteiger partial charge on any atom is -0.354 e. The van der Waals surface area contributed by atoms with Crippen molar-refractivity contribution in [3.05, 3.63) is 53.6 Å². The zero-order chi connectivity index (χ0) is 13.0. The number of benzene rings is 2. The Kier molecular flexibility index (Phi) is 3.91. The van der Waals surface area contributed by atoms with Crippen molar-refractivity contribution in [1.82, 2.24) is 0 Å². The molecular formula is C15H14N2S. The number of aryl methyl sites for hydroxylation is 1. The Morgan fingerprint density at radius 3 is 2.67 bits per heavy atom. The fraction of sp³-hybridized carbons (Fsp3) is 0.133. The van der Waals surface area contributed by atoms with Gasteiger partial charge in [-0.3, -0.25) is 0 Å². The Labute approximate surface area is 112 Å². The first-order valence-corrected chi connectivity index (χ1v) is 6.88. The number of para-hydroxylation sites is 1. The van der Waals surface area contributed by atoms with E-state index in [4.69, 9.17) is 5.26 Å². The van der Waals surface area contributed by atoms with Gasteiger partial charge in [-0.1, -0.05) is 18.2 Å². The van der Waals surface area contributed by atoms with Gasteiger partial charge in [-0.05, 0) is 43.0 Å². The van der Waals surface area contributed by atoms with E-state index in [0.29, 0.717) is 5.56 Å². The molecule has 0 radical (unpaired) electrons. The highest BCUT2D eigenvalue weighted by atomic mass is 32.2. The van der Waals surface area contributed by atoms with Gasteiger partial charge < -0.3 is 5.32 Å². The summed E-state index contributed by atoms with van der Waals surface area (Å²) >= 11 is 1.70. The highest BCUT2D eigenvalue weighted by Gasteiger charge is 2.05. The SMILES string of the molecule is CSc1cccc(Nc2c(C)cccc2C#N)c1. The topological polar surface area (TPSA) is 35.8 Å². The first-order valence-electron chi connectivity index (χ1n) is 5.65. The summed E-state index contributed by atoms with van der Waals surface area (Å²) in [5, 5.41) is 12.5. The van der Waals surface area contributed by atoms with Crippen molar-refractivity contribution in [2.75, 3.05) is 11.6 Å². The molecule has 18 heavy (non-hydrogen) atoms. The molecule has 0 aliphatic heterocycles. The molecular weight excluding hydrogens is 240 g/mol. The summed E-state index contributed by atoms with van der Waals surface area (Å²) in [6, 6.07) is 16.1. The maximum Gasteiger partial charge on any atom is 0.101 e. The average Bonchev–Trinajstić information content (AvgIpc) is 2.41. The lowest BCUT2D eigenvalue weighted by Crippen LogP contribution is -1.96. The lowest BCUT2D eigenvalue weighted by Gasteiger charge is -2.11. The normalized spacial score (nSPS) is 9.83. The molecule has 0 amide bonds. The number of anilines is 2. The Balaban J connectivity index is 2.37. The van der Waals surface area contributed by atoms with Crippen molar-refractivity contribution in [1.29, 1.82) is 5.26 Å². The van der Waals surface area contributed by atoms with Gasteiger partial charge in [-0.25, -0.2) is 0 Å². The third-order valence-corrected chi connectivity index (χ3v) is 3.46. The largest absolute Gasteiger partial charge is 0.354 e. The summed E-state index contributed by atoms with van der Waals surface area (Å²) in [6.07, 6.45) is 2.05. The molecule has 0 saturated heterocycles. The van der Waals surface area contributed by atoms with E-state index in [-0.39, 0.29) is 0 Å². The van der Waals surface area contributed by atoms with Gasteiger partial charge in [0.05, 0.1) is 11.3 Å². The van der Waals surface area contributed by atoms with Crippen LogP contribution in [0, 0.1) is 18.3 Å². The molecule has 0 aromatic heterocycles. The second-order valence-corrected chi connectivity index (χ2v) is 4.85. The first kappa shape index (κ1) is 12.5. The van der Waals surface area contributed by atoms with Crippen molar-refractivity contribution in [3.63, 3.8) is 0 Å². The molecule has 3 heteroatoms.